The highest BCUT2D eigenvalue weighted by Gasteiger charge is 2.26. The second kappa shape index (κ2) is 5.42. The number of rotatable bonds is 2. The van der Waals surface area contributed by atoms with E-state index >= 15 is 0 Å². The zero-order valence-corrected chi connectivity index (χ0v) is 13.4. The zero-order chi connectivity index (χ0) is 15.8. The molecule has 0 fully saturated rings. The van der Waals surface area contributed by atoms with Crippen molar-refractivity contribution in [3.8, 4) is 16.7 Å². The fourth-order valence-corrected chi connectivity index (χ4v) is 5.53. The van der Waals surface area contributed by atoms with Crippen LogP contribution in [-0.2, 0) is 0 Å². The van der Waals surface area contributed by atoms with Crippen molar-refractivity contribution in [1.82, 2.24) is 0 Å². The molecule has 2 nitrogen and oxygen atoms in total. The van der Waals surface area contributed by atoms with Crippen molar-refractivity contribution in [2.45, 2.75) is 0 Å². The molecule has 0 saturated heterocycles. The number of fused-ring (bicyclic) bond motifs is 3. The summed E-state index contributed by atoms with van der Waals surface area (Å²) in [4.78, 5) is 1.07. The van der Waals surface area contributed by atoms with Crippen molar-refractivity contribution in [3.05, 3.63) is 72.3 Å². The summed E-state index contributed by atoms with van der Waals surface area (Å²) in [5.41, 5.74) is 0.662. The van der Waals surface area contributed by atoms with Crippen LogP contribution in [0.2, 0.25) is 0 Å². The molecule has 0 radical (unpaired) electrons. The molecule has 0 aliphatic rings. The van der Waals surface area contributed by atoms with Crippen LogP contribution in [0.25, 0.3) is 25.1 Å². The fourth-order valence-electron chi connectivity index (χ4n) is 3.00. The van der Waals surface area contributed by atoms with Crippen molar-refractivity contribution < 1.29 is 4.74 Å². The predicted molar refractivity (Wildman–Crippen MR) is 96.5 cm³/mol. The highest BCUT2D eigenvalue weighted by atomic mass is 32.2. The van der Waals surface area contributed by atoms with Gasteiger partial charge < -0.3 is 4.74 Å². The third-order valence-electron chi connectivity index (χ3n) is 4.02. The molecule has 0 N–H and O–H groups in total. The van der Waals surface area contributed by atoms with Gasteiger partial charge in [0.1, 0.15) is 0 Å². The van der Waals surface area contributed by atoms with E-state index in [1.807, 2.05) is 12.1 Å². The van der Waals surface area contributed by atoms with Gasteiger partial charge in [-0.2, -0.15) is 5.26 Å². The maximum atomic E-state index is 9.27. The second-order valence-corrected chi connectivity index (χ2v) is 7.21. The summed E-state index contributed by atoms with van der Waals surface area (Å²) < 4.78 is 8.17. The molecule has 23 heavy (non-hydrogen) atoms. The molecular weight excluding hydrogens is 302 g/mol. The quantitative estimate of drug-likeness (QED) is 0.450. The highest BCUT2D eigenvalue weighted by Crippen LogP contribution is 2.51. The fraction of sp³-hybridized carbons (Fsp3) is 0.0500. The minimum absolute atomic E-state index is 0.240. The van der Waals surface area contributed by atoms with Gasteiger partial charge in [-0.25, -0.2) is 0 Å². The summed E-state index contributed by atoms with van der Waals surface area (Å²) in [6.07, 6.45) is 0. The first kappa shape index (κ1) is 13.8. The van der Waals surface area contributed by atoms with Crippen LogP contribution in [0.4, 0.5) is 0 Å². The van der Waals surface area contributed by atoms with Gasteiger partial charge in [-0.3, -0.25) is 0 Å². The van der Waals surface area contributed by atoms with Gasteiger partial charge in [0.15, 0.2) is 15.1 Å². The summed E-state index contributed by atoms with van der Waals surface area (Å²) in [5, 5.41) is 11.8. The lowest BCUT2D eigenvalue weighted by molar-refractivity contribution is 0.417. The molecule has 110 valence electrons. The van der Waals surface area contributed by atoms with E-state index in [4.69, 9.17) is 4.74 Å². The van der Waals surface area contributed by atoms with Gasteiger partial charge in [0, 0.05) is 27.3 Å². The van der Waals surface area contributed by atoms with Crippen LogP contribution < -0.4 is 4.74 Å². The van der Waals surface area contributed by atoms with Gasteiger partial charge in [0.05, 0.1) is 18.7 Å². The minimum atomic E-state index is -0.240. The molecule has 0 bridgehead atoms. The number of benzene rings is 3. The lowest BCUT2D eigenvalue weighted by Crippen LogP contribution is -1.86. The van der Waals surface area contributed by atoms with Gasteiger partial charge in [0.2, 0.25) is 4.90 Å². The average molecular weight is 316 g/mol. The third kappa shape index (κ3) is 2.08. The summed E-state index contributed by atoms with van der Waals surface area (Å²) in [5.74, 6) is 0.832. The largest absolute Gasteiger partial charge is 0.491 e. The lowest BCUT2D eigenvalue weighted by Gasteiger charge is -2.02. The Hall–Kier alpha value is -2.83. The normalized spacial score (nSPS) is 10.8. The van der Waals surface area contributed by atoms with Crippen LogP contribution in [0.15, 0.2) is 66.7 Å². The molecule has 0 amide bonds. The first-order valence-electron chi connectivity index (χ1n) is 7.34. The molecule has 1 heterocycles. The van der Waals surface area contributed by atoms with Crippen LogP contribution in [0.1, 0.15) is 5.56 Å². The molecule has 0 aliphatic heterocycles. The molecule has 0 aliphatic carbocycles. The van der Waals surface area contributed by atoms with Crippen LogP contribution in [-0.4, -0.2) is 7.11 Å². The van der Waals surface area contributed by atoms with Crippen molar-refractivity contribution in [2.75, 3.05) is 7.11 Å². The van der Waals surface area contributed by atoms with E-state index in [1.54, 1.807) is 13.2 Å². The van der Waals surface area contributed by atoms with E-state index in [9.17, 15) is 5.26 Å². The van der Waals surface area contributed by atoms with E-state index in [2.05, 4.69) is 54.6 Å². The first-order chi connectivity index (χ1) is 11.3. The SMILES string of the molecule is COc1ccc(C#N)cc1-[s+]1c2ccccc2c2ccccc21. The van der Waals surface area contributed by atoms with Crippen LogP contribution in [0, 0.1) is 11.3 Å². The lowest BCUT2D eigenvalue weighted by atomic mass is 10.2. The number of nitrogens with zero attached hydrogens (tertiary/aromatic N) is 1. The Morgan fingerprint density at radius 1 is 0.870 bits per heavy atom. The number of thiophene rings is 1. The maximum Gasteiger partial charge on any atom is 0.222 e. The van der Waals surface area contributed by atoms with E-state index in [0.717, 1.165) is 10.6 Å². The van der Waals surface area contributed by atoms with E-state index in [1.165, 1.54) is 20.2 Å². The Morgan fingerprint density at radius 3 is 2.04 bits per heavy atom. The Bertz CT molecular complexity index is 1020. The van der Waals surface area contributed by atoms with E-state index < -0.39 is 0 Å². The maximum absolute atomic E-state index is 9.27. The topological polar surface area (TPSA) is 33.0 Å². The van der Waals surface area contributed by atoms with Crippen LogP contribution in [0.3, 0.4) is 0 Å². The Labute approximate surface area is 137 Å². The van der Waals surface area contributed by atoms with E-state index in [0.29, 0.717) is 5.56 Å². The molecule has 3 aromatic carbocycles. The molecule has 4 rings (SSSR count). The number of hydrogen-bond donors (Lipinski definition) is 0. The molecule has 0 saturated carbocycles. The van der Waals surface area contributed by atoms with Gasteiger partial charge >= 0.3 is 0 Å². The summed E-state index contributed by atoms with van der Waals surface area (Å²) in [7, 11) is 1.44. The Morgan fingerprint density at radius 2 is 1.48 bits per heavy atom. The molecule has 0 spiro atoms. The van der Waals surface area contributed by atoms with Crippen molar-refractivity contribution in [2.24, 2.45) is 0 Å². The molecule has 1 aromatic heterocycles. The third-order valence-corrected chi connectivity index (χ3v) is 6.37. The molecule has 0 atom stereocenters. The standard InChI is InChI=1S/C20H14NOS/c1-22-17-11-10-14(13-21)12-20(17)23-18-8-4-2-6-15(18)16-7-3-5-9-19(16)23/h2-12H,1H3/q+1. The second-order valence-electron chi connectivity index (χ2n) is 5.28. The minimum Gasteiger partial charge on any atom is -0.491 e. The van der Waals surface area contributed by atoms with Crippen LogP contribution >= 0.6 is 10.5 Å². The average Bonchev–Trinajstić information content (AvgIpc) is 2.95. The number of ether oxygens (including phenoxy) is 1. The van der Waals surface area contributed by atoms with Gasteiger partial charge in [0.25, 0.3) is 0 Å². The van der Waals surface area contributed by atoms with Gasteiger partial charge in [-0.15, -0.1) is 0 Å². The summed E-state index contributed by atoms with van der Waals surface area (Å²) in [6, 6.07) is 24.9. The van der Waals surface area contributed by atoms with Crippen molar-refractivity contribution in [3.63, 3.8) is 0 Å². The Kier molecular flexibility index (Phi) is 3.25. The first-order valence-corrected chi connectivity index (χ1v) is 8.57. The smallest absolute Gasteiger partial charge is 0.222 e. The molecule has 4 aromatic rings. The summed E-state index contributed by atoms with van der Waals surface area (Å²) in [6.45, 7) is 0. The van der Waals surface area contributed by atoms with Crippen molar-refractivity contribution in [1.29, 1.82) is 5.26 Å². The summed E-state index contributed by atoms with van der Waals surface area (Å²) >= 11 is 0. The van der Waals surface area contributed by atoms with Crippen molar-refractivity contribution >= 4 is 30.6 Å². The van der Waals surface area contributed by atoms with E-state index in [-0.39, 0.29) is 10.5 Å². The van der Waals surface area contributed by atoms with Crippen LogP contribution in [0.5, 0.6) is 5.75 Å². The van der Waals surface area contributed by atoms with Gasteiger partial charge in [-0.1, -0.05) is 24.3 Å². The van der Waals surface area contributed by atoms with Gasteiger partial charge in [-0.05, 0) is 36.4 Å². The molecule has 3 heteroatoms. The zero-order valence-electron chi connectivity index (χ0n) is 12.6. The Balaban J connectivity index is 2.19. The monoisotopic (exact) mass is 316 g/mol. The highest BCUT2D eigenvalue weighted by molar-refractivity contribution is 7.50. The number of hydrogen-bond acceptors (Lipinski definition) is 2. The molecular formula is C20H14NOS+. The number of methoxy groups -OCH3 is 1. The predicted octanol–water partition coefficient (Wildman–Crippen LogP) is 5.61. The molecule has 0 unspecified atom stereocenters. The number of nitriles is 1.